The fraction of sp³-hybridized carbons (Fsp3) is 0.909. The van der Waals surface area contributed by atoms with Gasteiger partial charge in [0.1, 0.15) is 6.10 Å². The van der Waals surface area contributed by atoms with E-state index in [0.717, 1.165) is 25.7 Å². The van der Waals surface area contributed by atoms with Crippen LogP contribution in [-0.4, -0.2) is 12.1 Å². The first-order valence-corrected chi connectivity index (χ1v) is 5.39. The molecule has 0 saturated heterocycles. The molecule has 2 heteroatoms. The van der Waals surface area contributed by atoms with E-state index in [4.69, 9.17) is 4.74 Å². The predicted molar refractivity (Wildman–Crippen MR) is 54.5 cm³/mol. The normalized spacial score (nSPS) is 10.9. The third-order valence-corrected chi connectivity index (χ3v) is 2.51. The Morgan fingerprint density at radius 3 is 1.77 bits per heavy atom. The molecule has 0 bridgehead atoms. The zero-order chi connectivity index (χ0) is 10.3. The number of hydrogen-bond acceptors (Lipinski definition) is 2. The highest BCUT2D eigenvalue weighted by atomic mass is 16.5. The van der Waals surface area contributed by atoms with Crippen LogP contribution in [0.25, 0.3) is 0 Å². The maximum Gasteiger partial charge on any atom is 0.309 e. The van der Waals surface area contributed by atoms with Gasteiger partial charge in [0.2, 0.25) is 0 Å². The summed E-state index contributed by atoms with van der Waals surface area (Å²) in [4.78, 5) is 11.5. The van der Waals surface area contributed by atoms with Crippen LogP contribution >= 0.6 is 0 Å². The molecule has 2 nitrogen and oxygen atoms in total. The second kappa shape index (κ2) is 6.93. The molecule has 0 aromatic heterocycles. The first-order chi connectivity index (χ1) is 6.19. The summed E-state index contributed by atoms with van der Waals surface area (Å²) in [5, 5.41) is 0. The van der Waals surface area contributed by atoms with E-state index in [1.54, 1.807) is 0 Å². The number of rotatable bonds is 6. The Bertz CT molecular complexity index is 135. The summed E-state index contributed by atoms with van der Waals surface area (Å²) in [5.74, 6) is 0.0827. The van der Waals surface area contributed by atoms with E-state index >= 15 is 0 Å². The molecular formula is C11H22O2. The Balaban J connectivity index is 3.95. The summed E-state index contributed by atoms with van der Waals surface area (Å²) < 4.78 is 5.35. The molecule has 0 aliphatic carbocycles. The number of hydrogen-bond donors (Lipinski definition) is 0. The second-order valence-corrected chi connectivity index (χ2v) is 3.39. The molecule has 0 fully saturated rings. The molecule has 0 aliphatic rings. The van der Waals surface area contributed by atoms with E-state index in [0.29, 0.717) is 0 Å². The minimum Gasteiger partial charge on any atom is -0.462 e. The first-order valence-electron chi connectivity index (χ1n) is 5.39. The van der Waals surface area contributed by atoms with Gasteiger partial charge in [-0.1, -0.05) is 27.7 Å². The van der Waals surface area contributed by atoms with Crippen molar-refractivity contribution in [1.29, 1.82) is 0 Å². The van der Waals surface area contributed by atoms with E-state index in [1.165, 1.54) is 0 Å². The van der Waals surface area contributed by atoms with Crippen molar-refractivity contribution in [3.8, 4) is 0 Å². The average molecular weight is 186 g/mol. The molecule has 0 saturated carbocycles. The van der Waals surface area contributed by atoms with Gasteiger partial charge in [-0.05, 0) is 25.7 Å². The first kappa shape index (κ1) is 12.5. The smallest absolute Gasteiger partial charge is 0.309 e. The van der Waals surface area contributed by atoms with Crippen molar-refractivity contribution in [2.45, 2.75) is 59.5 Å². The molecule has 0 aliphatic heterocycles. The van der Waals surface area contributed by atoms with Crippen LogP contribution in [0.4, 0.5) is 0 Å². The molecule has 0 heterocycles. The lowest BCUT2D eigenvalue weighted by Crippen LogP contribution is -2.22. The van der Waals surface area contributed by atoms with Crippen molar-refractivity contribution in [3.63, 3.8) is 0 Å². The van der Waals surface area contributed by atoms with Gasteiger partial charge in [0.25, 0.3) is 0 Å². The summed E-state index contributed by atoms with van der Waals surface area (Å²) in [5.41, 5.74) is 0. The van der Waals surface area contributed by atoms with Crippen LogP contribution in [0, 0.1) is 5.92 Å². The predicted octanol–water partition coefficient (Wildman–Crippen LogP) is 3.15. The van der Waals surface area contributed by atoms with Gasteiger partial charge >= 0.3 is 5.97 Å². The standard InChI is InChI=1S/C11H22O2/c1-5-9(6-2)11(12)13-10(7-3)8-4/h9-10H,5-8H2,1-4H3. The Labute approximate surface area is 81.7 Å². The van der Waals surface area contributed by atoms with Crippen LogP contribution < -0.4 is 0 Å². The molecule has 0 spiro atoms. The van der Waals surface area contributed by atoms with Crippen molar-refractivity contribution in [3.05, 3.63) is 0 Å². The SMILES string of the molecule is CCC(CC)OC(=O)C(CC)CC. The van der Waals surface area contributed by atoms with Gasteiger partial charge in [-0.3, -0.25) is 4.79 Å². The quantitative estimate of drug-likeness (QED) is 0.596. The molecule has 0 atom stereocenters. The highest BCUT2D eigenvalue weighted by molar-refractivity contribution is 5.72. The number of esters is 1. The van der Waals surface area contributed by atoms with E-state index in [9.17, 15) is 4.79 Å². The largest absolute Gasteiger partial charge is 0.462 e. The summed E-state index contributed by atoms with van der Waals surface area (Å²) in [6, 6.07) is 0. The van der Waals surface area contributed by atoms with Crippen molar-refractivity contribution >= 4 is 5.97 Å². The van der Waals surface area contributed by atoms with Crippen LogP contribution in [0.15, 0.2) is 0 Å². The Morgan fingerprint density at radius 1 is 1.00 bits per heavy atom. The third-order valence-electron chi connectivity index (χ3n) is 2.51. The lowest BCUT2D eigenvalue weighted by molar-refractivity contribution is -0.154. The summed E-state index contributed by atoms with van der Waals surface area (Å²) in [6.45, 7) is 8.16. The maximum atomic E-state index is 11.5. The molecule has 0 aromatic rings. The van der Waals surface area contributed by atoms with Crippen LogP contribution in [0.3, 0.4) is 0 Å². The van der Waals surface area contributed by atoms with E-state index < -0.39 is 0 Å². The fourth-order valence-corrected chi connectivity index (χ4v) is 1.34. The molecule has 0 N–H and O–H groups in total. The highest BCUT2D eigenvalue weighted by Gasteiger charge is 2.18. The molecule has 0 radical (unpaired) electrons. The van der Waals surface area contributed by atoms with Gasteiger partial charge in [0, 0.05) is 0 Å². The molecular weight excluding hydrogens is 164 g/mol. The van der Waals surface area contributed by atoms with E-state index in [1.807, 2.05) is 27.7 Å². The van der Waals surface area contributed by atoms with Gasteiger partial charge < -0.3 is 4.74 Å². The average Bonchev–Trinajstić information content (AvgIpc) is 2.16. The monoisotopic (exact) mass is 186 g/mol. The van der Waals surface area contributed by atoms with Gasteiger partial charge in [0.15, 0.2) is 0 Å². The third kappa shape index (κ3) is 4.30. The van der Waals surface area contributed by atoms with E-state index in [2.05, 4.69) is 0 Å². The minimum atomic E-state index is -0.0151. The fourth-order valence-electron chi connectivity index (χ4n) is 1.34. The molecule has 0 unspecified atom stereocenters. The number of carbonyl (C=O) groups excluding carboxylic acids is 1. The van der Waals surface area contributed by atoms with Crippen LogP contribution in [0.1, 0.15) is 53.4 Å². The van der Waals surface area contributed by atoms with Crippen LogP contribution in [0.2, 0.25) is 0 Å². The lowest BCUT2D eigenvalue weighted by Gasteiger charge is -2.18. The highest BCUT2D eigenvalue weighted by Crippen LogP contribution is 2.13. The van der Waals surface area contributed by atoms with Crippen LogP contribution in [0.5, 0.6) is 0 Å². The Kier molecular flexibility index (Phi) is 6.65. The summed E-state index contributed by atoms with van der Waals surface area (Å²) in [7, 11) is 0. The van der Waals surface area contributed by atoms with Crippen LogP contribution in [-0.2, 0) is 9.53 Å². The topological polar surface area (TPSA) is 26.3 Å². The second-order valence-electron chi connectivity index (χ2n) is 3.39. The van der Waals surface area contributed by atoms with Gasteiger partial charge in [-0.2, -0.15) is 0 Å². The zero-order valence-electron chi connectivity index (χ0n) is 9.30. The zero-order valence-corrected chi connectivity index (χ0v) is 9.30. The minimum absolute atomic E-state index is 0.0151. The molecule has 0 aromatic carbocycles. The summed E-state index contributed by atoms with van der Waals surface area (Å²) >= 11 is 0. The maximum absolute atomic E-state index is 11.5. The molecule has 78 valence electrons. The summed E-state index contributed by atoms with van der Waals surface area (Å²) in [6.07, 6.45) is 3.73. The van der Waals surface area contributed by atoms with Gasteiger partial charge in [0.05, 0.1) is 5.92 Å². The van der Waals surface area contributed by atoms with Gasteiger partial charge in [-0.15, -0.1) is 0 Å². The van der Waals surface area contributed by atoms with Crippen molar-refractivity contribution in [1.82, 2.24) is 0 Å². The molecule has 0 amide bonds. The number of ether oxygens (including phenoxy) is 1. The Hall–Kier alpha value is -0.530. The van der Waals surface area contributed by atoms with Crippen molar-refractivity contribution < 1.29 is 9.53 Å². The van der Waals surface area contributed by atoms with E-state index in [-0.39, 0.29) is 18.0 Å². The van der Waals surface area contributed by atoms with Crippen molar-refractivity contribution in [2.24, 2.45) is 5.92 Å². The lowest BCUT2D eigenvalue weighted by atomic mass is 10.0. The van der Waals surface area contributed by atoms with Crippen molar-refractivity contribution in [2.75, 3.05) is 0 Å². The van der Waals surface area contributed by atoms with Gasteiger partial charge in [-0.25, -0.2) is 0 Å². The Morgan fingerprint density at radius 2 is 1.46 bits per heavy atom. The molecule has 13 heavy (non-hydrogen) atoms. The molecule has 0 rings (SSSR count). The number of carbonyl (C=O) groups is 1.